The summed E-state index contributed by atoms with van der Waals surface area (Å²) in [6.07, 6.45) is 7.65. The number of hydrogen-bond donors (Lipinski definition) is 2. The minimum Gasteiger partial charge on any atom is -0.374 e. The van der Waals surface area contributed by atoms with Crippen LogP contribution >= 0.6 is 0 Å². The molecule has 18 heavy (non-hydrogen) atoms. The predicted molar refractivity (Wildman–Crippen MR) is 76.7 cm³/mol. The normalized spacial score (nSPS) is 15.9. The maximum atomic E-state index is 5.81. The SMILES string of the molecule is C#CCNC(CN)c1ccc2c(c1)CCCN2C. The second-order valence-corrected chi connectivity index (χ2v) is 4.79. The Morgan fingerprint density at radius 1 is 1.56 bits per heavy atom. The molecule has 96 valence electrons. The van der Waals surface area contributed by atoms with E-state index in [9.17, 15) is 0 Å². The van der Waals surface area contributed by atoms with E-state index in [1.54, 1.807) is 0 Å². The Balaban J connectivity index is 2.22. The highest BCUT2D eigenvalue weighted by atomic mass is 15.1. The van der Waals surface area contributed by atoms with Crippen molar-refractivity contribution in [3.05, 3.63) is 29.3 Å². The van der Waals surface area contributed by atoms with Crippen LogP contribution in [0.1, 0.15) is 23.6 Å². The molecule has 2 rings (SSSR count). The summed E-state index contributed by atoms with van der Waals surface area (Å²) in [5, 5.41) is 3.28. The molecule has 3 nitrogen and oxygen atoms in total. The Morgan fingerprint density at radius 2 is 2.39 bits per heavy atom. The van der Waals surface area contributed by atoms with Crippen molar-refractivity contribution in [1.29, 1.82) is 0 Å². The molecule has 3 N–H and O–H groups in total. The van der Waals surface area contributed by atoms with Crippen molar-refractivity contribution in [1.82, 2.24) is 5.32 Å². The van der Waals surface area contributed by atoms with Gasteiger partial charge in [-0.3, -0.25) is 5.32 Å². The number of terminal acetylenes is 1. The van der Waals surface area contributed by atoms with Gasteiger partial charge in [0.15, 0.2) is 0 Å². The lowest BCUT2D eigenvalue weighted by Crippen LogP contribution is -2.29. The van der Waals surface area contributed by atoms with Crippen LogP contribution in [0.2, 0.25) is 0 Å². The highest BCUT2D eigenvalue weighted by Gasteiger charge is 2.16. The molecule has 0 fully saturated rings. The van der Waals surface area contributed by atoms with Gasteiger partial charge < -0.3 is 10.6 Å². The van der Waals surface area contributed by atoms with Crippen LogP contribution in [0.3, 0.4) is 0 Å². The van der Waals surface area contributed by atoms with Gasteiger partial charge in [-0.05, 0) is 30.0 Å². The molecule has 0 saturated heterocycles. The van der Waals surface area contributed by atoms with Gasteiger partial charge in [0.05, 0.1) is 6.54 Å². The van der Waals surface area contributed by atoms with E-state index >= 15 is 0 Å². The third kappa shape index (κ3) is 2.66. The summed E-state index contributed by atoms with van der Waals surface area (Å²) in [5.41, 5.74) is 9.81. The van der Waals surface area contributed by atoms with E-state index in [0.717, 1.165) is 13.0 Å². The van der Waals surface area contributed by atoms with Crippen LogP contribution in [-0.4, -0.2) is 26.7 Å². The van der Waals surface area contributed by atoms with Crippen molar-refractivity contribution in [3.63, 3.8) is 0 Å². The van der Waals surface area contributed by atoms with Gasteiger partial charge in [-0.1, -0.05) is 18.1 Å². The van der Waals surface area contributed by atoms with Gasteiger partial charge in [0.2, 0.25) is 0 Å². The number of nitrogens with zero attached hydrogens (tertiary/aromatic N) is 1. The lowest BCUT2D eigenvalue weighted by atomic mass is 9.96. The van der Waals surface area contributed by atoms with Crippen molar-refractivity contribution >= 4 is 5.69 Å². The van der Waals surface area contributed by atoms with Crippen LogP contribution in [0.5, 0.6) is 0 Å². The number of benzene rings is 1. The third-order valence-electron chi connectivity index (χ3n) is 3.54. The van der Waals surface area contributed by atoms with Crippen molar-refractivity contribution in [2.75, 3.05) is 31.6 Å². The first-order valence-corrected chi connectivity index (χ1v) is 6.47. The van der Waals surface area contributed by atoms with Crippen LogP contribution in [0.25, 0.3) is 0 Å². The molecule has 0 bridgehead atoms. The van der Waals surface area contributed by atoms with Crippen molar-refractivity contribution in [3.8, 4) is 12.3 Å². The van der Waals surface area contributed by atoms with Crippen LogP contribution in [-0.2, 0) is 6.42 Å². The Morgan fingerprint density at radius 3 is 3.11 bits per heavy atom. The topological polar surface area (TPSA) is 41.3 Å². The lowest BCUT2D eigenvalue weighted by molar-refractivity contribution is 0.580. The fourth-order valence-corrected chi connectivity index (χ4v) is 2.54. The van der Waals surface area contributed by atoms with Gasteiger partial charge in [0, 0.05) is 31.9 Å². The molecule has 3 heteroatoms. The molecule has 1 aromatic rings. The molecule has 0 aromatic heterocycles. The van der Waals surface area contributed by atoms with Gasteiger partial charge in [0.1, 0.15) is 0 Å². The van der Waals surface area contributed by atoms with Crippen LogP contribution in [0.15, 0.2) is 18.2 Å². The monoisotopic (exact) mass is 243 g/mol. The third-order valence-corrected chi connectivity index (χ3v) is 3.54. The van der Waals surface area contributed by atoms with E-state index in [1.807, 2.05) is 0 Å². The molecule has 1 atom stereocenters. The zero-order valence-electron chi connectivity index (χ0n) is 10.9. The molecule has 1 unspecified atom stereocenters. The summed E-state index contributed by atoms with van der Waals surface area (Å²) in [7, 11) is 2.15. The summed E-state index contributed by atoms with van der Waals surface area (Å²) >= 11 is 0. The van der Waals surface area contributed by atoms with Gasteiger partial charge in [-0.25, -0.2) is 0 Å². The van der Waals surface area contributed by atoms with Crippen LogP contribution in [0.4, 0.5) is 5.69 Å². The molecule has 0 spiro atoms. The molecule has 1 aromatic carbocycles. The molecule has 0 aliphatic carbocycles. The van der Waals surface area contributed by atoms with Crippen molar-refractivity contribution in [2.45, 2.75) is 18.9 Å². The molecule has 0 radical (unpaired) electrons. The Hall–Kier alpha value is -1.50. The highest BCUT2D eigenvalue weighted by molar-refractivity contribution is 5.56. The number of fused-ring (bicyclic) bond motifs is 1. The average Bonchev–Trinajstić information content (AvgIpc) is 2.40. The summed E-state index contributed by atoms with van der Waals surface area (Å²) in [4.78, 5) is 2.31. The maximum Gasteiger partial charge on any atom is 0.0578 e. The summed E-state index contributed by atoms with van der Waals surface area (Å²) in [5.74, 6) is 2.60. The number of hydrogen-bond acceptors (Lipinski definition) is 3. The second-order valence-electron chi connectivity index (χ2n) is 4.79. The fraction of sp³-hybridized carbons (Fsp3) is 0.467. The predicted octanol–water partition coefficient (Wildman–Crippen LogP) is 1.29. The Bertz CT molecular complexity index is 448. The Labute approximate surface area is 109 Å². The lowest BCUT2D eigenvalue weighted by Gasteiger charge is -2.28. The molecule has 1 heterocycles. The number of nitrogens with two attached hydrogens (primary N) is 1. The molecule has 1 aliphatic rings. The summed E-state index contributed by atoms with van der Waals surface area (Å²) in [6.45, 7) is 2.26. The van der Waals surface area contributed by atoms with Crippen LogP contribution in [0, 0.1) is 12.3 Å². The smallest absolute Gasteiger partial charge is 0.0578 e. The van der Waals surface area contributed by atoms with E-state index < -0.39 is 0 Å². The minimum atomic E-state index is 0.151. The van der Waals surface area contributed by atoms with Gasteiger partial charge in [-0.2, -0.15) is 0 Å². The zero-order valence-corrected chi connectivity index (χ0v) is 10.9. The number of rotatable bonds is 4. The molecule has 0 amide bonds. The molecule has 1 aliphatic heterocycles. The number of nitrogens with one attached hydrogen (secondary N) is 1. The number of anilines is 1. The first kappa shape index (κ1) is 12.9. The minimum absolute atomic E-state index is 0.151. The zero-order chi connectivity index (χ0) is 13.0. The first-order valence-electron chi connectivity index (χ1n) is 6.47. The fourth-order valence-electron chi connectivity index (χ4n) is 2.54. The van der Waals surface area contributed by atoms with E-state index in [-0.39, 0.29) is 6.04 Å². The summed E-state index contributed by atoms with van der Waals surface area (Å²) < 4.78 is 0. The molecular formula is C15H21N3. The molecular weight excluding hydrogens is 222 g/mol. The quantitative estimate of drug-likeness (QED) is 0.783. The van der Waals surface area contributed by atoms with E-state index in [2.05, 4.69) is 41.4 Å². The number of aryl methyl sites for hydroxylation is 1. The standard InChI is InChI=1S/C15H21N3/c1-3-8-17-14(11-16)12-6-7-15-13(10-12)5-4-9-18(15)2/h1,6-7,10,14,17H,4-5,8-9,11,16H2,2H3. The largest absolute Gasteiger partial charge is 0.374 e. The van der Waals surface area contributed by atoms with E-state index in [1.165, 1.54) is 23.2 Å². The van der Waals surface area contributed by atoms with Gasteiger partial charge in [0.25, 0.3) is 0 Å². The maximum absolute atomic E-state index is 5.81. The van der Waals surface area contributed by atoms with Gasteiger partial charge >= 0.3 is 0 Å². The summed E-state index contributed by atoms with van der Waals surface area (Å²) in [6, 6.07) is 6.77. The van der Waals surface area contributed by atoms with Crippen molar-refractivity contribution < 1.29 is 0 Å². The molecule has 0 saturated carbocycles. The van der Waals surface area contributed by atoms with Gasteiger partial charge in [-0.15, -0.1) is 6.42 Å². The second kappa shape index (κ2) is 5.90. The first-order chi connectivity index (χ1) is 8.76. The average molecular weight is 243 g/mol. The van der Waals surface area contributed by atoms with Crippen molar-refractivity contribution in [2.24, 2.45) is 5.73 Å². The van der Waals surface area contributed by atoms with E-state index in [4.69, 9.17) is 12.2 Å². The van der Waals surface area contributed by atoms with E-state index in [0.29, 0.717) is 13.1 Å². The van der Waals surface area contributed by atoms with Crippen LogP contribution < -0.4 is 16.0 Å². The Kier molecular flexibility index (Phi) is 4.24. The highest BCUT2D eigenvalue weighted by Crippen LogP contribution is 2.28.